The first-order valence-electron chi connectivity index (χ1n) is 8.65. The smallest absolute Gasteiger partial charge is 0.416 e. The van der Waals surface area contributed by atoms with Crippen LogP contribution in [0.15, 0.2) is 36.5 Å². The van der Waals surface area contributed by atoms with Crippen molar-refractivity contribution < 1.29 is 22.7 Å². The van der Waals surface area contributed by atoms with Crippen LogP contribution in [-0.4, -0.2) is 30.1 Å². The first-order chi connectivity index (χ1) is 12.9. The maximum absolute atomic E-state index is 13.1. The third-order valence-electron chi connectivity index (χ3n) is 4.50. The molecule has 2 aromatic rings. The summed E-state index contributed by atoms with van der Waals surface area (Å²) in [6.07, 6.45) is -1.02. The molecular formula is C19H20F3N3O2. The van der Waals surface area contributed by atoms with Crippen molar-refractivity contribution in [3.63, 3.8) is 0 Å². The second kappa shape index (κ2) is 7.96. The van der Waals surface area contributed by atoms with Gasteiger partial charge in [-0.25, -0.2) is 9.78 Å². The van der Waals surface area contributed by atoms with Crippen molar-refractivity contribution in [2.75, 3.05) is 18.5 Å². The van der Waals surface area contributed by atoms with Crippen LogP contribution in [-0.2, 0) is 10.9 Å². The number of carbonyl (C=O) groups is 1. The molecule has 1 saturated heterocycles. The first-order valence-corrected chi connectivity index (χ1v) is 8.65. The predicted octanol–water partition coefficient (Wildman–Crippen LogP) is 4.06. The number of nitrogens with zero attached hydrogens (tertiary/aromatic N) is 1. The summed E-state index contributed by atoms with van der Waals surface area (Å²) in [5.74, 6) is -0.409. The van der Waals surface area contributed by atoms with Crippen molar-refractivity contribution in [2.24, 2.45) is 0 Å². The fraction of sp³-hybridized carbons (Fsp3) is 0.368. The molecule has 1 atom stereocenters. The van der Waals surface area contributed by atoms with Gasteiger partial charge in [-0.1, -0.05) is 6.07 Å². The van der Waals surface area contributed by atoms with Crippen LogP contribution in [0.5, 0.6) is 0 Å². The molecular weight excluding hydrogens is 359 g/mol. The molecule has 1 fully saturated rings. The van der Waals surface area contributed by atoms with Crippen LogP contribution >= 0.6 is 0 Å². The van der Waals surface area contributed by atoms with Crippen molar-refractivity contribution in [3.05, 3.63) is 53.2 Å². The lowest BCUT2D eigenvalue weighted by Gasteiger charge is -2.16. The van der Waals surface area contributed by atoms with E-state index in [1.54, 1.807) is 6.07 Å². The van der Waals surface area contributed by atoms with Gasteiger partial charge in [0, 0.05) is 17.9 Å². The second-order valence-corrected chi connectivity index (χ2v) is 6.39. The Bertz CT molecular complexity index is 818. The van der Waals surface area contributed by atoms with Gasteiger partial charge in [0.2, 0.25) is 0 Å². The standard InChI is InChI=1S/C19H20F3N3O2/c1-12-15(19(20,21)22)7-2-8-16(12)25-17-14(6-4-10-24-17)18(26)27-11-13-5-3-9-23-13/h2,4,6-8,10,13,23H,3,5,9,11H2,1H3,(H,24,25). The number of hydrogen-bond donors (Lipinski definition) is 2. The minimum Gasteiger partial charge on any atom is -0.460 e. The molecule has 1 aromatic heterocycles. The van der Waals surface area contributed by atoms with Gasteiger partial charge in [0.25, 0.3) is 0 Å². The molecule has 144 valence electrons. The monoisotopic (exact) mass is 379 g/mol. The summed E-state index contributed by atoms with van der Waals surface area (Å²) in [5, 5.41) is 6.07. The Balaban J connectivity index is 1.79. The van der Waals surface area contributed by atoms with E-state index in [1.165, 1.54) is 31.3 Å². The van der Waals surface area contributed by atoms with Crippen LogP contribution < -0.4 is 10.6 Å². The number of benzene rings is 1. The van der Waals surface area contributed by atoms with E-state index in [-0.39, 0.29) is 35.3 Å². The summed E-state index contributed by atoms with van der Waals surface area (Å²) in [7, 11) is 0. The van der Waals surface area contributed by atoms with E-state index >= 15 is 0 Å². The van der Waals surface area contributed by atoms with E-state index in [4.69, 9.17) is 4.74 Å². The van der Waals surface area contributed by atoms with E-state index in [2.05, 4.69) is 15.6 Å². The summed E-state index contributed by atoms with van der Waals surface area (Å²) in [4.78, 5) is 16.5. The zero-order chi connectivity index (χ0) is 19.4. The van der Waals surface area contributed by atoms with Gasteiger partial charge in [-0.05, 0) is 56.1 Å². The van der Waals surface area contributed by atoms with Crippen LogP contribution in [0.2, 0.25) is 0 Å². The van der Waals surface area contributed by atoms with E-state index in [1.807, 2.05) is 0 Å². The number of nitrogens with one attached hydrogen (secondary N) is 2. The van der Waals surface area contributed by atoms with E-state index < -0.39 is 17.7 Å². The molecule has 5 nitrogen and oxygen atoms in total. The van der Waals surface area contributed by atoms with E-state index in [0.717, 1.165) is 25.5 Å². The molecule has 0 bridgehead atoms. The third kappa shape index (κ3) is 4.57. The van der Waals surface area contributed by atoms with Crippen molar-refractivity contribution >= 4 is 17.5 Å². The summed E-state index contributed by atoms with van der Waals surface area (Å²) in [6, 6.07) is 7.08. The van der Waals surface area contributed by atoms with Gasteiger partial charge in [0.1, 0.15) is 18.0 Å². The normalized spacial score (nSPS) is 17.0. The highest BCUT2D eigenvalue weighted by Gasteiger charge is 2.33. The Morgan fingerprint density at radius 1 is 1.33 bits per heavy atom. The maximum Gasteiger partial charge on any atom is 0.416 e. The molecule has 2 N–H and O–H groups in total. The number of pyridine rings is 1. The maximum atomic E-state index is 13.1. The summed E-state index contributed by atoms with van der Waals surface area (Å²) in [6.45, 7) is 2.52. The summed E-state index contributed by atoms with van der Waals surface area (Å²) < 4.78 is 44.6. The Kier molecular flexibility index (Phi) is 5.65. The Hall–Kier alpha value is -2.61. The number of carbonyl (C=O) groups excluding carboxylic acids is 1. The highest BCUT2D eigenvalue weighted by molar-refractivity contribution is 5.95. The van der Waals surface area contributed by atoms with Gasteiger partial charge in [0.15, 0.2) is 0 Å². The fourth-order valence-corrected chi connectivity index (χ4v) is 3.03. The molecule has 0 spiro atoms. The molecule has 1 aliphatic rings. The van der Waals surface area contributed by atoms with Crippen molar-refractivity contribution in [3.8, 4) is 0 Å². The van der Waals surface area contributed by atoms with Crippen LogP contribution in [0.1, 0.15) is 34.3 Å². The molecule has 3 rings (SSSR count). The quantitative estimate of drug-likeness (QED) is 0.767. The van der Waals surface area contributed by atoms with Crippen LogP contribution in [0.3, 0.4) is 0 Å². The van der Waals surface area contributed by atoms with Crippen molar-refractivity contribution in [2.45, 2.75) is 32.0 Å². The number of ether oxygens (including phenoxy) is 1. The topological polar surface area (TPSA) is 63.2 Å². The minimum atomic E-state index is -4.46. The summed E-state index contributed by atoms with van der Waals surface area (Å²) >= 11 is 0. The number of halogens is 3. The van der Waals surface area contributed by atoms with Gasteiger partial charge in [0.05, 0.1) is 5.56 Å². The lowest BCUT2D eigenvalue weighted by atomic mass is 10.1. The molecule has 1 unspecified atom stereocenters. The zero-order valence-electron chi connectivity index (χ0n) is 14.8. The van der Waals surface area contributed by atoms with Gasteiger partial charge in [-0.3, -0.25) is 0 Å². The number of aromatic nitrogens is 1. The lowest BCUT2D eigenvalue weighted by molar-refractivity contribution is -0.138. The number of alkyl halides is 3. The van der Waals surface area contributed by atoms with Crippen molar-refractivity contribution in [1.82, 2.24) is 10.3 Å². The Morgan fingerprint density at radius 3 is 2.85 bits per heavy atom. The van der Waals surface area contributed by atoms with E-state index in [9.17, 15) is 18.0 Å². The van der Waals surface area contributed by atoms with Gasteiger partial charge in [-0.15, -0.1) is 0 Å². The Labute approximate surface area is 154 Å². The number of anilines is 2. The van der Waals surface area contributed by atoms with Gasteiger partial charge in [-0.2, -0.15) is 13.2 Å². The van der Waals surface area contributed by atoms with Crippen LogP contribution in [0.25, 0.3) is 0 Å². The average Bonchev–Trinajstić information content (AvgIpc) is 3.14. The molecule has 0 radical (unpaired) electrons. The largest absolute Gasteiger partial charge is 0.460 e. The predicted molar refractivity (Wildman–Crippen MR) is 95.0 cm³/mol. The molecule has 8 heteroatoms. The zero-order valence-corrected chi connectivity index (χ0v) is 14.8. The van der Waals surface area contributed by atoms with Crippen molar-refractivity contribution in [1.29, 1.82) is 0 Å². The molecule has 0 amide bonds. The van der Waals surface area contributed by atoms with Gasteiger partial charge < -0.3 is 15.4 Å². The lowest BCUT2D eigenvalue weighted by Crippen LogP contribution is -2.28. The van der Waals surface area contributed by atoms with Crippen LogP contribution in [0, 0.1) is 6.92 Å². The Morgan fingerprint density at radius 2 is 2.15 bits per heavy atom. The highest BCUT2D eigenvalue weighted by atomic mass is 19.4. The molecule has 2 heterocycles. The number of rotatable bonds is 5. The van der Waals surface area contributed by atoms with Gasteiger partial charge >= 0.3 is 12.1 Å². The molecule has 0 aliphatic carbocycles. The molecule has 1 aromatic carbocycles. The molecule has 0 saturated carbocycles. The highest BCUT2D eigenvalue weighted by Crippen LogP contribution is 2.35. The summed E-state index contributed by atoms with van der Waals surface area (Å²) in [5.41, 5.74) is -0.299. The number of hydrogen-bond acceptors (Lipinski definition) is 5. The first kappa shape index (κ1) is 19.2. The SMILES string of the molecule is Cc1c(Nc2ncccc2C(=O)OCC2CCCN2)cccc1C(F)(F)F. The third-order valence-corrected chi connectivity index (χ3v) is 4.50. The minimum absolute atomic E-state index is 0.0325. The van der Waals surface area contributed by atoms with E-state index in [0.29, 0.717) is 0 Å². The number of esters is 1. The molecule has 27 heavy (non-hydrogen) atoms. The molecule has 1 aliphatic heterocycles. The average molecular weight is 379 g/mol. The van der Waals surface area contributed by atoms with Crippen LogP contribution in [0.4, 0.5) is 24.7 Å². The fourth-order valence-electron chi connectivity index (χ4n) is 3.03. The second-order valence-electron chi connectivity index (χ2n) is 6.39.